The van der Waals surface area contributed by atoms with Gasteiger partial charge in [-0.2, -0.15) is 13.2 Å². The van der Waals surface area contributed by atoms with Crippen molar-refractivity contribution in [2.24, 2.45) is 5.41 Å². The summed E-state index contributed by atoms with van der Waals surface area (Å²) in [6.07, 6.45) is 0. The Labute approximate surface area is 108 Å². The highest BCUT2D eigenvalue weighted by molar-refractivity contribution is 8.00. The van der Waals surface area contributed by atoms with Gasteiger partial charge in [0.05, 0.1) is 5.69 Å². The average molecular weight is 277 g/mol. The highest BCUT2D eigenvalue weighted by Crippen LogP contribution is 2.40. The molecule has 1 rings (SSSR count). The van der Waals surface area contributed by atoms with E-state index in [1.807, 2.05) is 0 Å². The number of halogens is 3. The van der Waals surface area contributed by atoms with Crippen LogP contribution in [0, 0.1) is 5.41 Å². The van der Waals surface area contributed by atoms with Crippen molar-refractivity contribution in [3.8, 4) is 0 Å². The second kappa shape index (κ2) is 5.22. The molecule has 0 saturated heterocycles. The highest BCUT2D eigenvalue weighted by Gasteiger charge is 2.31. The van der Waals surface area contributed by atoms with Crippen molar-refractivity contribution in [2.75, 3.05) is 5.32 Å². The molecule has 100 valence electrons. The number of amides is 1. The van der Waals surface area contributed by atoms with Gasteiger partial charge >= 0.3 is 5.51 Å². The monoisotopic (exact) mass is 277 g/mol. The number of thioether (sulfide) groups is 1. The zero-order chi connectivity index (χ0) is 14.0. The molecule has 0 aromatic heterocycles. The molecule has 1 aromatic rings. The van der Waals surface area contributed by atoms with E-state index in [-0.39, 0.29) is 28.3 Å². The van der Waals surface area contributed by atoms with Crippen LogP contribution in [0.2, 0.25) is 0 Å². The number of para-hydroxylation sites is 1. The number of carbonyl (C=O) groups excluding carboxylic acids is 1. The number of hydrogen-bond donors (Lipinski definition) is 1. The number of nitrogens with one attached hydrogen (secondary N) is 1. The molecule has 0 fully saturated rings. The van der Waals surface area contributed by atoms with Crippen LogP contribution >= 0.6 is 11.8 Å². The Morgan fingerprint density at radius 3 is 2.22 bits per heavy atom. The molecule has 0 heterocycles. The van der Waals surface area contributed by atoms with Crippen molar-refractivity contribution >= 4 is 23.4 Å². The van der Waals surface area contributed by atoms with Crippen LogP contribution in [0.5, 0.6) is 0 Å². The lowest BCUT2D eigenvalue weighted by Gasteiger charge is -2.19. The van der Waals surface area contributed by atoms with Gasteiger partial charge in [0, 0.05) is 10.3 Å². The van der Waals surface area contributed by atoms with E-state index in [0.717, 1.165) is 0 Å². The Bertz CT molecular complexity index is 438. The Morgan fingerprint density at radius 2 is 1.72 bits per heavy atom. The van der Waals surface area contributed by atoms with E-state index in [9.17, 15) is 18.0 Å². The van der Waals surface area contributed by atoms with E-state index in [0.29, 0.717) is 0 Å². The lowest BCUT2D eigenvalue weighted by atomic mass is 9.95. The van der Waals surface area contributed by atoms with Crippen molar-refractivity contribution in [1.82, 2.24) is 0 Å². The van der Waals surface area contributed by atoms with Crippen LogP contribution in [0.1, 0.15) is 20.8 Å². The highest BCUT2D eigenvalue weighted by atomic mass is 32.2. The van der Waals surface area contributed by atoms with Crippen molar-refractivity contribution < 1.29 is 18.0 Å². The third-order valence-electron chi connectivity index (χ3n) is 2.04. The van der Waals surface area contributed by atoms with Gasteiger partial charge in [0.1, 0.15) is 0 Å². The molecule has 18 heavy (non-hydrogen) atoms. The summed E-state index contributed by atoms with van der Waals surface area (Å²) in [6.45, 7) is 5.09. The summed E-state index contributed by atoms with van der Waals surface area (Å²) in [5.41, 5.74) is -4.85. The number of carbonyl (C=O) groups is 1. The van der Waals surface area contributed by atoms with Gasteiger partial charge in [-0.15, -0.1) is 0 Å². The van der Waals surface area contributed by atoms with Gasteiger partial charge in [-0.1, -0.05) is 32.9 Å². The Balaban J connectivity index is 2.93. The van der Waals surface area contributed by atoms with Gasteiger partial charge in [-0.05, 0) is 23.9 Å². The molecule has 0 saturated carbocycles. The normalized spacial score (nSPS) is 12.3. The lowest BCUT2D eigenvalue weighted by molar-refractivity contribution is -0.123. The molecule has 0 bridgehead atoms. The molecule has 0 aliphatic heterocycles. The second-order valence-electron chi connectivity index (χ2n) is 4.75. The second-order valence-corrected chi connectivity index (χ2v) is 5.85. The minimum absolute atomic E-state index is 0.0115. The minimum atomic E-state index is -4.37. The van der Waals surface area contributed by atoms with Gasteiger partial charge in [-0.25, -0.2) is 0 Å². The van der Waals surface area contributed by atoms with E-state index in [4.69, 9.17) is 0 Å². The first-order chi connectivity index (χ1) is 8.09. The molecule has 0 aliphatic carbocycles. The molecule has 0 aliphatic rings. The van der Waals surface area contributed by atoms with Crippen LogP contribution in [0.25, 0.3) is 0 Å². The van der Waals surface area contributed by atoms with Crippen LogP contribution in [-0.2, 0) is 4.79 Å². The third-order valence-corrected chi connectivity index (χ3v) is 2.85. The number of anilines is 1. The topological polar surface area (TPSA) is 29.1 Å². The molecular weight excluding hydrogens is 263 g/mol. The van der Waals surface area contributed by atoms with Crippen molar-refractivity contribution in [3.05, 3.63) is 24.3 Å². The van der Waals surface area contributed by atoms with Crippen molar-refractivity contribution in [3.63, 3.8) is 0 Å². The van der Waals surface area contributed by atoms with Crippen LogP contribution in [0.4, 0.5) is 18.9 Å². The van der Waals surface area contributed by atoms with Crippen LogP contribution in [0.15, 0.2) is 29.2 Å². The largest absolute Gasteiger partial charge is 0.446 e. The number of alkyl halides is 3. The molecule has 1 amide bonds. The van der Waals surface area contributed by atoms with Gasteiger partial charge in [0.2, 0.25) is 5.91 Å². The first-order valence-corrected chi connectivity index (χ1v) is 6.07. The first kappa shape index (κ1) is 14.9. The molecule has 2 nitrogen and oxygen atoms in total. The zero-order valence-electron chi connectivity index (χ0n) is 10.3. The number of rotatable bonds is 2. The fraction of sp³-hybridized carbons (Fsp3) is 0.417. The maximum absolute atomic E-state index is 12.3. The fourth-order valence-electron chi connectivity index (χ4n) is 1.09. The van der Waals surface area contributed by atoms with Gasteiger partial charge in [-0.3, -0.25) is 4.79 Å². The number of hydrogen-bond acceptors (Lipinski definition) is 2. The molecule has 0 spiro atoms. The minimum Gasteiger partial charge on any atom is -0.325 e. The molecular formula is C12H14F3NOS. The predicted octanol–water partition coefficient (Wildman–Crippen LogP) is 4.28. The van der Waals surface area contributed by atoms with Gasteiger partial charge in [0.25, 0.3) is 0 Å². The van der Waals surface area contributed by atoms with Gasteiger partial charge < -0.3 is 5.32 Å². The van der Waals surface area contributed by atoms with Crippen LogP contribution in [-0.4, -0.2) is 11.4 Å². The molecule has 1 aromatic carbocycles. The Morgan fingerprint density at radius 1 is 1.17 bits per heavy atom. The molecule has 0 unspecified atom stereocenters. The average Bonchev–Trinajstić information content (AvgIpc) is 2.17. The van der Waals surface area contributed by atoms with E-state index in [1.54, 1.807) is 26.8 Å². The van der Waals surface area contributed by atoms with Gasteiger partial charge in [0.15, 0.2) is 0 Å². The summed E-state index contributed by atoms with van der Waals surface area (Å²) >= 11 is -0.235. The van der Waals surface area contributed by atoms with E-state index in [1.165, 1.54) is 18.2 Å². The van der Waals surface area contributed by atoms with E-state index < -0.39 is 10.9 Å². The summed E-state index contributed by atoms with van der Waals surface area (Å²) in [7, 11) is 0. The first-order valence-electron chi connectivity index (χ1n) is 5.26. The zero-order valence-corrected chi connectivity index (χ0v) is 11.1. The van der Waals surface area contributed by atoms with Crippen molar-refractivity contribution in [2.45, 2.75) is 31.2 Å². The number of benzene rings is 1. The van der Waals surface area contributed by atoms with Crippen molar-refractivity contribution in [1.29, 1.82) is 0 Å². The maximum Gasteiger partial charge on any atom is 0.446 e. The van der Waals surface area contributed by atoms with E-state index in [2.05, 4.69) is 5.32 Å². The maximum atomic E-state index is 12.3. The molecule has 0 atom stereocenters. The summed E-state index contributed by atoms with van der Waals surface area (Å²) < 4.78 is 37.0. The summed E-state index contributed by atoms with van der Waals surface area (Å²) in [5.74, 6) is -0.322. The van der Waals surface area contributed by atoms with Crippen LogP contribution < -0.4 is 5.32 Å². The predicted molar refractivity (Wildman–Crippen MR) is 66.4 cm³/mol. The molecule has 1 N–H and O–H groups in total. The van der Waals surface area contributed by atoms with E-state index >= 15 is 0 Å². The fourth-order valence-corrected chi connectivity index (χ4v) is 1.72. The quantitative estimate of drug-likeness (QED) is 0.817. The molecule has 0 radical (unpaired) electrons. The van der Waals surface area contributed by atoms with Crippen LogP contribution in [0.3, 0.4) is 0 Å². The summed E-state index contributed by atoms with van der Waals surface area (Å²) in [6, 6.07) is 5.87. The lowest BCUT2D eigenvalue weighted by Crippen LogP contribution is -2.27. The summed E-state index contributed by atoms with van der Waals surface area (Å²) in [4.78, 5) is 11.7. The smallest absolute Gasteiger partial charge is 0.325 e. The Kier molecular flexibility index (Phi) is 4.32. The standard InChI is InChI=1S/C12H14F3NOS/c1-11(2,3)10(17)16-8-6-4-5-7-9(8)18-12(13,14)15/h4-7H,1-3H3,(H,16,17). The Hall–Kier alpha value is -1.17. The SMILES string of the molecule is CC(C)(C)C(=O)Nc1ccccc1SC(F)(F)F. The third kappa shape index (κ3) is 4.60. The summed E-state index contributed by atoms with van der Waals surface area (Å²) in [5, 5.41) is 2.51. The molecule has 6 heteroatoms.